The Kier molecular flexibility index (Phi) is 5.24. The third kappa shape index (κ3) is 4.41. The maximum absolute atomic E-state index is 13.4. The van der Waals surface area contributed by atoms with Crippen molar-refractivity contribution in [3.63, 3.8) is 0 Å². The van der Waals surface area contributed by atoms with Crippen LogP contribution in [0.3, 0.4) is 0 Å². The third-order valence-corrected chi connectivity index (χ3v) is 3.99. The summed E-state index contributed by atoms with van der Waals surface area (Å²) >= 11 is 0. The molecule has 0 radical (unpaired) electrons. The Morgan fingerprint density at radius 2 is 2.04 bits per heavy atom. The van der Waals surface area contributed by atoms with Crippen molar-refractivity contribution in [2.75, 3.05) is 19.7 Å². The van der Waals surface area contributed by atoms with Gasteiger partial charge in [0.1, 0.15) is 5.60 Å². The first kappa shape index (κ1) is 17.7. The summed E-state index contributed by atoms with van der Waals surface area (Å²) in [7, 11) is 0. The van der Waals surface area contributed by atoms with Gasteiger partial charge in [-0.15, -0.1) is 0 Å². The number of hydrogen-bond donors (Lipinski definition) is 1. The number of likely N-dealkylation sites (tertiary alicyclic amines) is 1. The predicted octanol–water partition coefficient (Wildman–Crippen LogP) is 3.30. The molecule has 1 aromatic rings. The highest BCUT2D eigenvalue weighted by molar-refractivity contribution is 5.68. The van der Waals surface area contributed by atoms with E-state index in [2.05, 4.69) is 0 Å². The molecule has 0 bridgehead atoms. The number of carbonyl (C=O) groups excluding carboxylic acids is 1. The van der Waals surface area contributed by atoms with E-state index in [1.807, 2.05) is 0 Å². The summed E-state index contributed by atoms with van der Waals surface area (Å²) in [5.41, 5.74) is 0.0645. The summed E-state index contributed by atoms with van der Waals surface area (Å²) < 4.78 is 31.9. The predicted molar refractivity (Wildman–Crippen MR) is 82.1 cm³/mol. The van der Waals surface area contributed by atoms with Gasteiger partial charge >= 0.3 is 6.09 Å². The Hall–Kier alpha value is -1.69. The van der Waals surface area contributed by atoms with Crippen LogP contribution in [-0.2, 0) is 4.74 Å². The van der Waals surface area contributed by atoms with Crippen LogP contribution in [-0.4, -0.2) is 41.4 Å². The first-order chi connectivity index (χ1) is 10.7. The van der Waals surface area contributed by atoms with Gasteiger partial charge in [0, 0.05) is 25.6 Å². The Balaban J connectivity index is 2.09. The molecule has 2 rings (SSSR count). The molecule has 6 heteroatoms. The highest BCUT2D eigenvalue weighted by atomic mass is 19.2. The maximum atomic E-state index is 13.4. The van der Waals surface area contributed by atoms with Crippen molar-refractivity contribution in [3.8, 4) is 0 Å². The lowest BCUT2D eigenvalue weighted by molar-refractivity contribution is 0.0101. The number of carbonyl (C=O) groups is 1. The van der Waals surface area contributed by atoms with Crippen molar-refractivity contribution < 1.29 is 23.4 Å². The molecule has 0 saturated carbocycles. The van der Waals surface area contributed by atoms with Crippen molar-refractivity contribution in [3.05, 3.63) is 35.4 Å². The molecule has 2 atom stereocenters. The number of benzene rings is 1. The van der Waals surface area contributed by atoms with Crippen LogP contribution < -0.4 is 0 Å². The van der Waals surface area contributed by atoms with Crippen molar-refractivity contribution >= 4 is 6.09 Å². The molecular weight excluding hydrogens is 304 g/mol. The van der Waals surface area contributed by atoms with Gasteiger partial charge in [0.05, 0.1) is 0 Å². The topological polar surface area (TPSA) is 49.8 Å². The lowest BCUT2D eigenvalue weighted by atomic mass is 9.81. The molecule has 1 aromatic carbocycles. The average Bonchev–Trinajstić information content (AvgIpc) is 2.47. The summed E-state index contributed by atoms with van der Waals surface area (Å²) in [5, 5.41) is 9.63. The van der Waals surface area contributed by atoms with Crippen LogP contribution >= 0.6 is 0 Å². The molecule has 1 heterocycles. The molecule has 128 valence electrons. The van der Waals surface area contributed by atoms with Crippen molar-refractivity contribution in [1.82, 2.24) is 4.90 Å². The second-order valence-electron chi connectivity index (χ2n) is 6.94. The Morgan fingerprint density at radius 1 is 1.35 bits per heavy atom. The van der Waals surface area contributed by atoms with Gasteiger partial charge in [-0.2, -0.15) is 0 Å². The maximum Gasteiger partial charge on any atom is 0.410 e. The minimum atomic E-state index is -0.895. The van der Waals surface area contributed by atoms with Gasteiger partial charge in [-0.05, 0) is 50.8 Å². The number of ether oxygens (including phenoxy) is 1. The number of amides is 1. The van der Waals surface area contributed by atoms with E-state index in [-0.39, 0.29) is 18.4 Å². The second-order valence-corrected chi connectivity index (χ2v) is 6.94. The van der Waals surface area contributed by atoms with E-state index in [1.54, 1.807) is 25.7 Å². The van der Waals surface area contributed by atoms with Crippen molar-refractivity contribution in [2.24, 2.45) is 5.92 Å². The molecular formula is C17H23F2NO3. The van der Waals surface area contributed by atoms with Crippen LogP contribution in [0.5, 0.6) is 0 Å². The summed E-state index contributed by atoms with van der Waals surface area (Å²) in [6, 6.07) is 3.81. The number of rotatable bonds is 2. The van der Waals surface area contributed by atoms with Crippen LogP contribution in [0.1, 0.15) is 38.7 Å². The fourth-order valence-corrected chi connectivity index (χ4v) is 2.89. The fourth-order valence-electron chi connectivity index (χ4n) is 2.89. The molecule has 4 nitrogen and oxygen atoms in total. The van der Waals surface area contributed by atoms with Crippen LogP contribution in [0.2, 0.25) is 0 Å². The molecule has 1 N–H and O–H groups in total. The van der Waals surface area contributed by atoms with E-state index in [1.165, 1.54) is 12.1 Å². The van der Waals surface area contributed by atoms with Gasteiger partial charge in [-0.25, -0.2) is 13.6 Å². The average molecular weight is 327 g/mol. The molecule has 0 aromatic heterocycles. The Morgan fingerprint density at radius 3 is 2.61 bits per heavy atom. The third-order valence-electron chi connectivity index (χ3n) is 3.99. The molecule has 0 aliphatic carbocycles. The number of halogens is 2. The second kappa shape index (κ2) is 6.83. The molecule has 1 amide bonds. The van der Waals surface area contributed by atoms with E-state index >= 15 is 0 Å². The molecule has 1 fully saturated rings. The molecule has 0 spiro atoms. The minimum Gasteiger partial charge on any atom is -0.444 e. The van der Waals surface area contributed by atoms with Crippen LogP contribution in [0.25, 0.3) is 0 Å². The van der Waals surface area contributed by atoms with E-state index in [0.29, 0.717) is 25.1 Å². The summed E-state index contributed by atoms with van der Waals surface area (Å²) in [6.45, 7) is 6.03. The number of hydrogen-bond acceptors (Lipinski definition) is 3. The molecule has 0 unspecified atom stereocenters. The summed E-state index contributed by atoms with van der Waals surface area (Å²) in [5.74, 6) is -2.14. The van der Waals surface area contributed by atoms with Gasteiger partial charge in [0.2, 0.25) is 0 Å². The van der Waals surface area contributed by atoms with Crippen LogP contribution in [0, 0.1) is 17.6 Å². The zero-order valence-corrected chi connectivity index (χ0v) is 13.7. The van der Waals surface area contributed by atoms with E-state index < -0.39 is 23.3 Å². The van der Waals surface area contributed by atoms with E-state index in [9.17, 15) is 18.7 Å². The van der Waals surface area contributed by atoms with Crippen molar-refractivity contribution in [1.29, 1.82) is 0 Å². The largest absolute Gasteiger partial charge is 0.444 e. The SMILES string of the molecule is CC(C)(C)OC(=O)N1CC[C@H](c2ccc(F)c(F)c2)[C@@H](CO)C1. The number of piperidine rings is 1. The zero-order chi connectivity index (χ0) is 17.2. The van der Waals surface area contributed by atoms with Gasteiger partial charge in [-0.1, -0.05) is 6.07 Å². The number of aliphatic hydroxyl groups excluding tert-OH is 1. The molecule has 1 aliphatic rings. The fraction of sp³-hybridized carbons (Fsp3) is 0.588. The Labute approximate surface area is 135 Å². The van der Waals surface area contributed by atoms with Gasteiger partial charge in [0.25, 0.3) is 0 Å². The first-order valence-electron chi connectivity index (χ1n) is 7.75. The number of nitrogens with zero attached hydrogens (tertiary/aromatic N) is 1. The Bertz CT molecular complexity index is 571. The summed E-state index contributed by atoms with van der Waals surface area (Å²) in [4.78, 5) is 13.7. The first-order valence-corrected chi connectivity index (χ1v) is 7.75. The van der Waals surface area contributed by atoms with Crippen LogP contribution in [0.4, 0.5) is 13.6 Å². The lowest BCUT2D eigenvalue weighted by Crippen LogP contribution is -2.46. The van der Waals surface area contributed by atoms with Gasteiger partial charge in [0.15, 0.2) is 11.6 Å². The smallest absolute Gasteiger partial charge is 0.410 e. The molecule has 1 saturated heterocycles. The van der Waals surface area contributed by atoms with E-state index in [4.69, 9.17) is 4.74 Å². The highest BCUT2D eigenvalue weighted by Crippen LogP contribution is 2.34. The van der Waals surface area contributed by atoms with Crippen molar-refractivity contribution in [2.45, 2.75) is 38.7 Å². The normalized spacial score (nSPS) is 22.1. The standard InChI is InChI=1S/C17H23F2NO3/c1-17(2,3)23-16(22)20-7-6-13(12(9-20)10-21)11-4-5-14(18)15(19)8-11/h4-5,8,12-13,21H,6-7,9-10H2,1-3H3/t12-,13-/m1/s1. The van der Waals surface area contributed by atoms with Gasteiger partial charge < -0.3 is 14.7 Å². The number of aliphatic hydroxyl groups is 1. The van der Waals surface area contributed by atoms with Gasteiger partial charge in [-0.3, -0.25) is 0 Å². The zero-order valence-electron chi connectivity index (χ0n) is 13.7. The monoisotopic (exact) mass is 327 g/mol. The minimum absolute atomic E-state index is 0.117. The molecule has 23 heavy (non-hydrogen) atoms. The summed E-state index contributed by atoms with van der Waals surface area (Å²) in [6.07, 6.45) is 0.148. The van der Waals surface area contributed by atoms with Crippen LogP contribution in [0.15, 0.2) is 18.2 Å². The lowest BCUT2D eigenvalue weighted by Gasteiger charge is -2.38. The molecule has 1 aliphatic heterocycles. The quantitative estimate of drug-likeness (QED) is 0.907. The van der Waals surface area contributed by atoms with E-state index in [0.717, 1.165) is 6.07 Å². The highest BCUT2D eigenvalue weighted by Gasteiger charge is 2.34.